The van der Waals surface area contributed by atoms with Gasteiger partial charge in [0.1, 0.15) is 12.5 Å². The van der Waals surface area contributed by atoms with Crippen LogP contribution >= 0.6 is 0 Å². The van der Waals surface area contributed by atoms with Gasteiger partial charge < -0.3 is 15.2 Å². The van der Waals surface area contributed by atoms with E-state index in [1.165, 1.54) is 0 Å². The average Bonchev–Trinajstić information content (AvgIpc) is 2.41. The fourth-order valence-corrected chi connectivity index (χ4v) is 2.14. The molecule has 0 spiro atoms. The van der Waals surface area contributed by atoms with E-state index in [2.05, 4.69) is 0 Å². The molecule has 0 radical (unpaired) electrons. The molecule has 104 valence electrons. The van der Waals surface area contributed by atoms with Gasteiger partial charge >= 0.3 is 0 Å². The third-order valence-corrected chi connectivity index (χ3v) is 3.24. The number of hydrogen-bond donors (Lipinski definition) is 1. The maximum atomic E-state index is 12.3. The van der Waals surface area contributed by atoms with E-state index in [0.29, 0.717) is 12.2 Å². The van der Waals surface area contributed by atoms with Gasteiger partial charge in [0.2, 0.25) is 0 Å². The number of anilines is 1. The van der Waals surface area contributed by atoms with E-state index < -0.39 is 6.10 Å². The summed E-state index contributed by atoms with van der Waals surface area (Å²) in [6, 6.07) is 5.60. The van der Waals surface area contributed by atoms with Crippen LogP contribution in [0.5, 0.6) is 5.75 Å². The zero-order chi connectivity index (χ0) is 14.0. The summed E-state index contributed by atoms with van der Waals surface area (Å²) in [4.78, 5) is 13.9. The zero-order valence-electron chi connectivity index (χ0n) is 11.6. The highest BCUT2D eigenvalue weighted by atomic mass is 16.5. The Morgan fingerprint density at radius 1 is 1.53 bits per heavy atom. The Labute approximate surface area is 113 Å². The number of fused-ring (bicyclic) bond motifs is 1. The molecule has 2 unspecified atom stereocenters. The lowest BCUT2D eigenvalue weighted by molar-refractivity contribution is -0.127. The van der Waals surface area contributed by atoms with Gasteiger partial charge in [-0.1, -0.05) is 13.0 Å². The molecule has 0 aliphatic carbocycles. The third-order valence-electron chi connectivity index (χ3n) is 3.24. The lowest BCUT2D eigenvalue weighted by Gasteiger charge is -2.34. The Kier molecular flexibility index (Phi) is 4.07. The summed E-state index contributed by atoms with van der Waals surface area (Å²) < 4.78 is 10.8. The molecule has 0 saturated heterocycles. The summed E-state index contributed by atoms with van der Waals surface area (Å²) in [5.41, 5.74) is 7.57. The predicted molar refractivity (Wildman–Crippen MR) is 73.1 cm³/mol. The molecule has 2 atom stereocenters. The van der Waals surface area contributed by atoms with E-state index in [1.54, 1.807) is 12.0 Å². The number of rotatable bonds is 4. The summed E-state index contributed by atoms with van der Waals surface area (Å²) in [6.07, 6.45) is 0.192. The van der Waals surface area contributed by atoms with Gasteiger partial charge in [0, 0.05) is 13.2 Å². The SMILES string of the molecule is CCC1Oc2ccc(C(C)N)cc2N(COC)C1=O. The number of amides is 1. The molecule has 0 aromatic heterocycles. The number of ether oxygens (including phenoxy) is 2. The number of carbonyl (C=O) groups excluding carboxylic acids is 1. The molecular formula is C14H20N2O3. The minimum Gasteiger partial charge on any atom is -0.478 e. The molecule has 1 aliphatic heterocycles. The van der Waals surface area contributed by atoms with Crippen molar-refractivity contribution in [2.75, 3.05) is 18.7 Å². The number of nitrogens with two attached hydrogens (primary N) is 1. The summed E-state index contributed by atoms with van der Waals surface area (Å²) in [5.74, 6) is 0.631. The highest BCUT2D eigenvalue weighted by Crippen LogP contribution is 2.36. The van der Waals surface area contributed by atoms with Crippen molar-refractivity contribution in [1.82, 2.24) is 0 Å². The summed E-state index contributed by atoms with van der Waals surface area (Å²) in [6.45, 7) is 4.05. The molecule has 2 rings (SSSR count). The van der Waals surface area contributed by atoms with Crippen LogP contribution in [0.3, 0.4) is 0 Å². The maximum absolute atomic E-state index is 12.3. The van der Waals surface area contributed by atoms with E-state index >= 15 is 0 Å². The summed E-state index contributed by atoms with van der Waals surface area (Å²) in [7, 11) is 1.57. The van der Waals surface area contributed by atoms with Gasteiger partial charge in [-0.05, 0) is 31.0 Å². The number of hydrogen-bond acceptors (Lipinski definition) is 4. The molecule has 0 fully saturated rings. The van der Waals surface area contributed by atoms with Crippen molar-refractivity contribution in [2.24, 2.45) is 5.73 Å². The molecule has 2 N–H and O–H groups in total. The van der Waals surface area contributed by atoms with Gasteiger partial charge in [-0.25, -0.2) is 0 Å². The van der Waals surface area contributed by atoms with Crippen LogP contribution in [0.25, 0.3) is 0 Å². The molecule has 1 aromatic rings. The van der Waals surface area contributed by atoms with Crippen LogP contribution in [0, 0.1) is 0 Å². The topological polar surface area (TPSA) is 64.8 Å². The number of benzene rings is 1. The molecule has 1 amide bonds. The smallest absolute Gasteiger partial charge is 0.270 e. The van der Waals surface area contributed by atoms with Crippen molar-refractivity contribution in [3.05, 3.63) is 23.8 Å². The Bertz CT molecular complexity index is 474. The second kappa shape index (κ2) is 5.59. The third kappa shape index (κ3) is 2.57. The molecule has 19 heavy (non-hydrogen) atoms. The molecule has 1 heterocycles. The van der Waals surface area contributed by atoms with Crippen LogP contribution in [0.1, 0.15) is 31.9 Å². The van der Waals surface area contributed by atoms with Crippen LogP contribution in [-0.4, -0.2) is 25.9 Å². The van der Waals surface area contributed by atoms with Crippen molar-refractivity contribution in [1.29, 1.82) is 0 Å². The van der Waals surface area contributed by atoms with E-state index in [0.717, 1.165) is 11.3 Å². The van der Waals surface area contributed by atoms with E-state index in [9.17, 15) is 4.79 Å². The maximum Gasteiger partial charge on any atom is 0.270 e. The average molecular weight is 264 g/mol. The van der Waals surface area contributed by atoms with Crippen LogP contribution in [0.15, 0.2) is 18.2 Å². The van der Waals surface area contributed by atoms with Gasteiger partial charge in [-0.3, -0.25) is 9.69 Å². The molecular weight excluding hydrogens is 244 g/mol. The number of nitrogens with zero attached hydrogens (tertiary/aromatic N) is 1. The van der Waals surface area contributed by atoms with Gasteiger partial charge in [0.15, 0.2) is 6.10 Å². The second-order valence-electron chi connectivity index (χ2n) is 4.71. The molecule has 0 saturated carbocycles. The first-order valence-corrected chi connectivity index (χ1v) is 6.45. The van der Waals surface area contributed by atoms with Crippen molar-refractivity contribution in [2.45, 2.75) is 32.4 Å². The Morgan fingerprint density at radius 3 is 2.84 bits per heavy atom. The molecule has 1 aliphatic rings. The van der Waals surface area contributed by atoms with Gasteiger partial charge in [0.25, 0.3) is 5.91 Å². The fraction of sp³-hybridized carbons (Fsp3) is 0.500. The molecule has 0 bridgehead atoms. The minimum atomic E-state index is -0.441. The van der Waals surface area contributed by atoms with Gasteiger partial charge in [-0.15, -0.1) is 0 Å². The van der Waals surface area contributed by atoms with E-state index in [4.69, 9.17) is 15.2 Å². The molecule has 5 heteroatoms. The monoisotopic (exact) mass is 264 g/mol. The van der Waals surface area contributed by atoms with Gasteiger partial charge in [-0.2, -0.15) is 0 Å². The quantitative estimate of drug-likeness (QED) is 0.900. The summed E-state index contributed by atoms with van der Waals surface area (Å²) >= 11 is 0. The van der Waals surface area contributed by atoms with Crippen LogP contribution in [0.2, 0.25) is 0 Å². The Morgan fingerprint density at radius 2 is 2.26 bits per heavy atom. The van der Waals surface area contributed by atoms with Crippen molar-refractivity contribution < 1.29 is 14.3 Å². The van der Waals surface area contributed by atoms with Crippen LogP contribution in [0.4, 0.5) is 5.69 Å². The van der Waals surface area contributed by atoms with E-state index in [1.807, 2.05) is 32.0 Å². The fourth-order valence-electron chi connectivity index (χ4n) is 2.14. The largest absolute Gasteiger partial charge is 0.478 e. The normalized spacial score (nSPS) is 19.9. The lowest BCUT2D eigenvalue weighted by Crippen LogP contribution is -2.46. The highest BCUT2D eigenvalue weighted by Gasteiger charge is 2.33. The standard InChI is InChI=1S/C14H20N2O3/c1-4-12-14(17)16(8-18-3)11-7-10(9(2)15)5-6-13(11)19-12/h5-7,9,12H,4,8,15H2,1-3H3. The number of methoxy groups -OCH3 is 1. The van der Waals surface area contributed by atoms with Crippen molar-refractivity contribution >= 4 is 11.6 Å². The predicted octanol–water partition coefficient (Wildman–Crippen LogP) is 1.81. The first-order chi connectivity index (χ1) is 9.08. The van der Waals surface area contributed by atoms with Crippen LogP contribution < -0.4 is 15.4 Å². The summed E-state index contributed by atoms with van der Waals surface area (Å²) in [5, 5.41) is 0. The first-order valence-electron chi connectivity index (χ1n) is 6.45. The number of carbonyl (C=O) groups is 1. The Hall–Kier alpha value is -1.59. The van der Waals surface area contributed by atoms with E-state index in [-0.39, 0.29) is 18.7 Å². The van der Waals surface area contributed by atoms with Gasteiger partial charge in [0.05, 0.1) is 5.69 Å². The second-order valence-corrected chi connectivity index (χ2v) is 4.71. The first kappa shape index (κ1) is 13.8. The lowest BCUT2D eigenvalue weighted by atomic mass is 10.1. The van der Waals surface area contributed by atoms with Crippen molar-refractivity contribution in [3.8, 4) is 5.75 Å². The Balaban J connectivity index is 2.44. The zero-order valence-corrected chi connectivity index (χ0v) is 11.6. The van der Waals surface area contributed by atoms with Crippen molar-refractivity contribution in [3.63, 3.8) is 0 Å². The minimum absolute atomic E-state index is 0.0707. The highest BCUT2D eigenvalue weighted by molar-refractivity contribution is 5.99. The van der Waals surface area contributed by atoms with Crippen LogP contribution in [-0.2, 0) is 9.53 Å². The molecule has 1 aromatic carbocycles. The molecule has 5 nitrogen and oxygen atoms in total.